The summed E-state index contributed by atoms with van der Waals surface area (Å²) in [6, 6.07) is 2.74. The van der Waals surface area contributed by atoms with Crippen LogP contribution in [0.25, 0.3) is 0 Å². The molecule has 0 bridgehead atoms. The number of halogens is 1. The first-order valence-electron chi connectivity index (χ1n) is 4.41. The highest BCUT2D eigenvalue weighted by molar-refractivity contribution is 7.99. The van der Waals surface area contributed by atoms with Gasteiger partial charge in [-0.3, -0.25) is 5.32 Å². The maximum absolute atomic E-state index is 5.88. The number of thioether (sulfide) groups is 1. The highest BCUT2D eigenvalue weighted by Crippen LogP contribution is 2.37. The van der Waals surface area contributed by atoms with Crippen LogP contribution in [0.5, 0.6) is 0 Å². The molecule has 0 radical (unpaired) electrons. The molecule has 0 spiro atoms. The molecule has 0 aromatic carbocycles. The van der Waals surface area contributed by atoms with Crippen molar-refractivity contribution in [2.75, 3.05) is 5.75 Å². The molecule has 1 aromatic heterocycles. The first-order chi connectivity index (χ1) is 6.29. The quantitative estimate of drug-likeness (QED) is 0.839. The standard InChI is InChI=1S/C9H12ClNS2/c1-2-7-5-13-9(11-7)8-3-6(10)4-12-8/h3-4,7,9,11H,2,5H2,1H3. The monoisotopic (exact) mass is 233 g/mol. The smallest absolute Gasteiger partial charge is 0.0886 e. The minimum Gasteiger partial charge on any atom is -0.297 e. The predicted octanol–water partition coefficient (Wildman–Crippen LogP) is 3.52. The van der Waals surface area contributed by atoms with E-state index in [2.05, 4.69) is 18.3 Å². The van der Waals surface area contributed by atoms with E-state index in [-0.39, 0.29) is 0 Å². The Kier molecular flexibility index (Phi) is 3.19. The van der Waals surface area contributed by atoms with E-state index >= 15 is 0 Å². The molecule has 72 valence electrons. The third kappa shape index (κ3) is 2.21. The van der Waals surface area contributed by atoms with Crippen molar-refractivity contribution in [2.45, 2.75) is 24.8 Å². The van der Waals surface area contributed by atoms with E-state index in [0.717, 1.165) is 5.02 Å². The lowest BCUT2D eigenvalue weighted by Crippen LogP contribution is -2.24. The lowest BCUT2D eigenvalue weighted by Gasteiger charge is -2.09. The SMILES string of the molecule is CCC1CSC(c2cc(Cl)cs2)N1. The van der Waals surface area contributed by atoms with Crippen LogP contribution >= 0.6 is 34.7 Å². The summed E-state index contributed by atoms with van der Waals surface area (Å²) in [5.74, 6) is 1.22. The Balaban J connectivity index is 2.03. The van der Waals surface area contributed by atoms with Crippen LogP contribution in [0.4, 0.5) is 0 Å². The number of hydrogen-bond acceptors (Lipinski definition) is 3. The van der Waals surface area contributed by atoms with Crippen molar-refractivity contribution < 1.29 is 0 Å². The van der Waals surface area contributed by atoms with E-state index in [4.69, 9.17) is 11.6 Å². The van der Waals surface area contributed by atoms with E-state index in [1.54, 1.807) is 11.3 Å². The molecule has 1 nitrogen and oxygen atoms in total. The van der Waals surface area contributed by atoms with Gasteiger partial charge in [-0.15, -0.1) is 23.1 Å². The van der Waals surface area contributed by atoms with Gasteiger partial charge in [-0.1, -0.05) is 18.5 Å². The topological polar surface area (TPSA) is 12.0 Å². The van der Waals surface area contributed by atoms with Crippen molar-refractivity contribution in [3.8, 4) is 0 Å². The van der Waals surface area contributed by atoms with Gasteiger partial charge in [-0.25, -0.2) is 0 Å². The summed E-state index contributed by atoms with van der Waals surface area (Å²) in [5, 5.41) is 6.92. The van der Waals surface area contributed by atoms with E-state index in [9.17, 15) is 0 Å². The molecule has 4 heteroatoms. The predicted molar refractivity (Wildman–Crippen MR) is 61.7 cm³/mol. The largest absolute Gasteiger partial charge is 0.297 e. The zero-order valence-electron chi connectivity index (χ0n) is 7.42. The van der Waals surface area contributed by atoms with Crippen molar-refractivity contribution in [1.29, 1.82) is 0 Å². The van der Waals surface area contributed by atoms with Gasteiger partial charge in [-0.2, -0.15) is 0 Å². The van der Waals surface area contributed by atoms with Gasteiger partial charge in [0.15, 0.2) is 0 Å². The Morgan fingerprint density at radius 3 is 3.08 bits per heavy atom. The van der Waals surface area contributed by atoms with Gasteiger partial charge < -0.3 is 0 Å². The second-order valence-electron chi connectivity index (χ2n) is 3.15. The van der Waals surface area contributed by atoms with E-state index in [0.29, 0.717) is 11.4 Å². The number of thiophene rings is 1. The third-order valence-electron chi connectivity index (χ3n) is 2.19. The molecule has 2 unspecified atom stereocenters. The second kappa shape index (κ2) is 4.22. The summed E-state index contributed by atoms with van der Waals surface area (Å²) in [4.78, 5) is 1.35. The lowest BCUT2D eigenvalue weighted by molar-refractivity contribution is 0.564. The highest BCUT2D eigenvalue weighted by Gasteiger charge is 2.24. The number of rotatable bonds is 2. The molecule has 0 saturated carbocycles. The fourth-order valence-electron chi connectivity index (χ4n) is 1.39. The van der Waals surface area contributed by atoms with Crippen LogP contribution in [0.3, 0.4) is 0 Å². The van der Waals surface area contributed by atoms with Crippen LogP contribution in [0.1, 0.15) is 23.6 Å². The molecule has 1 N–H and O–H groups in total. The minimum absolute atomic E-state index is 0.474. The van der Waals surface area contributed by atoms with Crippen molar-refractivity contribution in [2.24, 2.45) is 0 Å². The first-order valence-corrected chi connectivity index (χ1v) is 6.72. The Morgan fingerprint density at radius 2 is 2.54 bits per heavy atom. The number of hydrogen-bond donors (Lipinski definition) is 1. The molecule has 2 atom stereocenters. The summed E-state index contributed by atoms with van der Waals surface area (Å²) in [6.07, 6.45) is 1.21. The molecular weight excluding hydrogens is 222 g/mol. The Labute approximate surface area is 91.9 Å². The molecule has 0 aliphatic carbocycles. The van der Waals surface area contributed by atoms with Crippen LogP contribution in [-0.4, -0.2) is 11.8 Å². The summed E-state index contributed by atoms with van der Waals surface area (Å²) >= 11 is 9.61. The summed E-state index contributed by atoms with van der Waals surface area (Å²) < 4.78 is 0. The molecule has 1 fully saturated rings. The van der Waals surface area contributed by atoms with Gasteiger partial charge in [-0.05, 0) is 12.5 Å². The minimum atomic E-state index is 0.474. The van der Waals surface area contributed by atoms with Crippen molar-refractivity contribution in [3.63, 3.8) is 0 Å². The third-order valence-corrected chi connectivity index (χ3v) is 5.00. The van der Waals surface area contributed by atoms with Gasteiger partial charge in [0.2, 0.25) is 0 Å². The normalized spacial score (nSPS) is 28.2. The zero-order valence-corrected chi connectivity index (χ0v) is 9.81. The molecule has 1 saturated heterocycles. The first kappa shape index (κ1) is 9.84. The van der Waals surface area contributed by atoms with E-state index in [1.165, 1.54) is 17.1 Å². The van der Waals surface area contributed by atoms with Gasteiger partial charge in [0.1, 0.15) is 0 Å². The van der Waals surface area contributed by atoms with Crippen molar-refractivity contribution in [3.05, 3.63) is 21.3 Å². The lowest BCUT2D eigenvalue weighted by atomic mass is 10.2. The molecule has 1 aliphatic rings. The van der Waals surface area contributed by atoms with Crippen LogP contribution in [-0.2, 0) is 0 Å². The van der Waals surface area contributed by atoms with Crippen LogP contribution < -0.4 is 5.32 Å². The molecular formula is C9H12ClNS2. The summed E-state index contributed by atoms with van der Waals surface area (Å²) in [6.45, 7) is 2.22. The van der Waals surface area contributed by atoms with Gasteiger partial charge in [0.05, 0.1) is 10.4 Å². The van der Waals surface area contributed by atoms with Crippen molar-refractivity contribution >= 4 is 34.7 Å². The molecule has 2 heterocycles. The van der Waals surface area contributed by atoms with Crippen LogP contribution in [0.2, 0.25) is 5.02 Å². The van der Waals surface area contributed by atoms with E-state index < -0.39 is 0 Å². The molecule has 0 amide bonds. The Bertz CT molecular complexity index is 287. The summed E-state index contributed by atoms with van der Waals surface area (Å²) in [7, 11) is 0. The second-order valence-corrected chi connectivity index (χ2v) is 5.67. The molecule has 13 heavy (non-hydrogen) atoms. The van der Waals surface area contributed by atoms with Crippen LogP contribution in [0, 0.1) is 0 Å². The average molecular weight is 234 g/mol. The molecule has 1 aromatic rings. The molecule has 1 aliphatic heterocycles. The fraction of sp³-hybridized carbons (Fsp3) is 0.556. The maximum Gasteiger partial charge on any atom is 0.0886 e. The summed E-state index contributed by atoms with van der Waals surface area (Å²) in [5.41, 5.74) is 0. The van der Waals surface area contributed by atoms with Crippen LogP contribution in [0.15, 0.2) is 11.4 Å². The maximum atomic E-state index is 5.88. The zero-order chi connectivity index (χ0) is 9.26. The van der Waals surface area contributed by atoms with Gasteiger partial charge in [0, 0.05) is 22.1 Å². The Hall–Kier alpha value is 0.300. The van der Waals surface area contributed by atoms with Gasteiger partial charge >= 0.3 is 0 Å². The molecule has 2 rings (SSSR count). The number of nitrogens with one attached hydrogen (secondary N) is 1. The van der Waals surface area contributed by atoms with Crippen molar-refractivity contribution in [1.82, 2.24) is 5.32 Å². The average Bonchev–Trinajstić information content (AvgIpc) is 2.71. The Morgan fingerprint density at radius 1 is 1.69 bits per heavy atom. The highest BCUT2D eigenvalue weighted by atomic mass is 35.5. The van der Waals surface area contributed by atoms with Gasteiger partial charge in [0.25, 0.3) is 0 Å². The fourth-order valence-corrected chi connectivity index (χ4v) is 4.06. The van der Waals surface area contributed by atoms with E-state index in [1.807, 2.05) is 17.1 Å².